The van der Waals surface area contributed by atoms with Crippen LogP contribution in [0, 0.1) is 5.41 Å². The van der Waals surface area contributed by atoms with Crippen molar-refractivity contribution in [2.45, 2.75) is 31.7 Å². The van der Waals surface area contributed by atoms with E-state index < -0.39 is 11.4 Å². The Morgan fingerprint density at radius 3 is 2.47 bits per heavy atom. The summed E-state index contributed by atoms with van der Waals surface area (Å²) < 4.78 is 5.33. The molecule has 0 amide bonds. The van der Waals surface area contributed by atoms with E-state index in [-0.39, 0.29) is 0 Å². The Hall–Kier alpha value is -0.650. The number of hydrogen-bond acceptors (Lipinski definition) is 4. The van der Waals surface area contributed by atoms with Gasteiger partial charge in [0, 0.05) is 25.8 Å². The fourth-order valence-electron chi connectivity index (χ4n) is 3.24. The molecule has 2 aliphatic rings. The third-order valence-corrected chi connectivity index (χ3v) is 4.77. The molecule has 0 unspecified atom stereocenters. The predicted octanol–water partition coefficient (Wildman–Crippen LogP) is 0.894. The van der Waals surface area contributed by atoms with Crippen molar-refractivity contribution in [1.29, 1.82) is 0 Å². The number of hydrogen-bond donors (Lipinski definition) is 1. The molecule has 0 saturated carbocycles. The SMILES string of the molecule is CN1CCC(N(C)CC2(C(=O)O)CCOCC2)CC1. The van der Waals surface area contributed by atoms with Gasteiger partial charge in [0.1, 0.15) is 0 Å². The Balaban J connectivity index is 1.95. The molecule has 110 valence electrons. The summed E-state index contributed by atoms with van der Waals surface area (Å²) in [6, 6.07) is 0.523. The van der Waals surface area contributed by atoms with E-state index in [1.807, 2.05) is 0 Å². The van der Waals surface area contributed by atoms with Gasteiger partial charge in [0.05, 0.1) is 5.41 Å². The lowest BCUT2D eigenvalue weighted by atomic mass is 9.79. The second-order valence-corrected chi connectivity index (χ2v) is 6.15. The van der Waals surface area contributed by atoms with Crippen molar-refractivity contribution in [2.75, 3.05) is 46.9 Å². The van der Waals surface area contributed by atoms with E-state index in [1.165, 1.54) is 0 Å². The van der Waals surface area contributed by atoms with Crippen molar-refractivity contribution in [3.8, 4) is 0 Å². The van der Waals surface area contributed by atoms with Crippen LogP contribution in [0.1, 0.15) is 25.7 Å². The van der Waals surface area contributed by atoms with Crippen molar-refractivity contribution in [3.63, 3.8) is 0 Å². The predicted molar refractivity (Wildman–Crippen MR) is 73.3 cm³/mol. The van der Waals surface area contributed by atoms with Gasteiger partial charge in [-0.3, -0.25) is 4.79 Å². The number of likely N-dealkylation sites (tertiary alicyclic amines) is 1. The molecule has 0 aromatic carbocycles. The van der Waals surface area contributed by atoms with Crippen LogP contribution in [-0.2, 0) is 9.53 Å². The fraction of sp³-hybridized carbons (Fsp3) is 0.929. The first-order chi connectivity index (χ1) is 9.03. The Kier molecular flexibility index (Phi) is 4.81. The van der Waals surface area contributed by atoms with Gasteiger partial charge in [-0.25, -0.2) is 0 Å². The molecule has 2 heterocycles. The molecule has 2 fully saturated rings. The zero-order valence-electron chi connectivity index (χ0n) is 12.1. The first-order valence-electron chi connectivity index (χ1n) is 7.23. The van der Waals surface area contributed by atoms with Crippen molar-refractivity contribution < 1.29 is 14.6 Å². The highest BCUT2D eigenvalue weighted by Crippen LogP contribution is 2.33. The minimum atomic E-state index is -0.657. The number of nitrogens with zero attached hydrogens (tertiary/aromatic N) is 2. The van der Waals surface area contributed by atoms with Crippen LogP contribution in [0.3, 0.4) is 0 Å². The van der Waals surface area contributed by atoms with Gasteiger partial charge in [-0.05, 0) is 52.9 Å². The van der Waals surface area contributed by atoms with E-state index >= 15 is 0 Å². The Labute approximate surface area is 115 Å². The number of ether oxygens (including phenoxy) is 1. The lowest BCUT2D eigenvalue weighted by molar-refractivity contribution is -0.157. The average Bonchev–Trinajstić information content (AvgIpc) is 2.40. The van der Waals surface area contributed by atoms with Crippen molar-refractivity contribution in [3.05, 3.63) is 0 Å². The first-order valence-corrected chi connectivity index (χ1v) is 7.23. The van der Waals surface area contributed by atoms with Gasteiger partial charge < -0.3 is 19.6 Å². The molecule has 0 aromatic heterocycles. The highest BCUT2D eigenvalue weighted by Gasteiger charge is 2.42. The second kappa shape index (κ2) is 6.20. The molecular formula is C14H26N2O3. The maximum Gasteiger partial charge on any atom is 0.311 e. The summed E-state index contributed by atoms with van der Waals surface area (Å²) in [5.74, 6) is -0.657. The quantitative estimate of drug-likeness (QED) is 0.822. The monoisotopic (exact) mass is 270 g/mol. The fourth-order valence-corrected chi connectivity index (χ4v) is 3.24. The van der Waals surface area contributed by atoms with E-state index in [1.54, 1.807) is 0 Å². The molecule has 1 N–H and O–H groups in total. The summed E-state index contributed by atoms with van der Waals surface area (Å²) in [6.45, 7) is 4.03. The number of aliphatic carboxylic acids is 1. The molecule has 2 saturated heterocycles. The van der Waals surface area contributed by atoms with Crippen LogP contribution < -0.4 is 0 Å². The topological polar surface area (TPSA) is 53.0 Å². The lowest BCUT2D eigenvalue weighted by Crippen LogP contribution is -2.50. The number of piperidine rings is 1. The van der Waals surface area contributed by atoms with Crippen LogP contribution in [0.15, 0.2) is 0 Å². The van der Waals surface area contributed by atoms with Gasteiger partial charge in [0.2, 0.25) is 0 Å². The summed E-state index contributed by atoms with van der Waals surface area (Å²) >= 11 is 0. The third kappa shape index (κ3) is 3.46. The van der Waals surface area contributed by atoms with Crippen LogP contribution in [-0.4, -0.2) is 73.9 Å². The summed E-state index contributed by atoms with van der Waals surface area (Å²) in [7, 11) is 4.23. The maximum atomic E-state index is 11.7. The van der Waals surface area contributed by atoms with Crippen molar-refractivity contribution in [2.24, 2.45) is 5.41 Å². The first kappa shape index (κ1) is 14.8. The highest BCUT2D eigenvalue weighted by atomic mass is 16.5. The van der Waals surface area contributed by atoms with Crippen LogP contribution in [0.25, 0.3) is 0 Å². The van der Waals surface area contributed by atoms with E-state index in [0.29, 0.717) is 38.6 Å². The highest BCUT2D eigenvalue weighted by molar-refractivity contribution is 5.75. The number of rotatable bonds is 4. The van der Waals surface area contributed by atoms with E-state index in [9.17, 15) is 9.90 Å². The van der Waals surface area contributed by atoms with Crippen LogP contribution in [0.2, 0.25) is 0 Å². The smallest absolute Gasteiger partial charge is 0.311 e. The summed E-state index contributed by atoms with van der Waals surface area (Å²) in [6.07, 6.45) is 3.55. The van der Waals surface area contributed by atoms with Crippen LogP contribution >= 0.6 is 0 Å². The molecule has 2 rings (SSSR count). The zero-order valence-corrected chi connectivity index (χ0v) is 12.1. The second-order valence-electron chi connectivity index (χ2n) is 6.15. The largest absolute Gasteiger partial charge is 0.481 e. The van der Waals surface area contributed by atoms with Crippen molar-refractivity contribution >= 4 is 5.97 Å². The van der Waals surface area contributed by atoms with Gasteiger partial charge in [-0.2, -0.15) is 0 Å². The van der Waals surface area contributed by atoms with E-state index in [0.717, 1.165) is 25.9 Å². The van der Waals surface area contributed by atoms with E-state index in [2.05, 4.69) is 23.9 Å². The van der Waals surface area contributed by atoms with E-state index in [4.69, 9.17) is 4.74 Å². The molecule has 2 aliphatic heterocycles. The number of carbonyl (C=O) groups is 1. The minimum Gasteiger partial charge on any atom is -0.481 e. The van der Waals surface area contributed by atoms with Gasteiger partial charge >= 0.3 is 5.97 Å². The third-order valence-electron chi connectivity index (χ3n) is 4.77. The molecule has 0 radical (unpaired) electrons. The maximum absolute atomic E-state index is 11.7. The summed E-state index contributed by atoms with van der Waals surface area (Å²) in [4.78, 5) is 16.3. The summed E-state index contributed by atoms with van der Waals surface area (Å²) in [5, 5.41) is 9.59. The molecule has 0 bridgehead atoms. The standard InChI is InChI=1S/C14H26N2O3/c1-15-7-3-12(4-8-15)16(2)11-14(13(17)18)5-9-19-10-6-14/h12H,3-11H2,1-2H3,(H,17,18). The normalized spacial score (nSPS) is 25.6. The van der Waals surface area contributed by atoms with Gasteiger partial charge in [-0.15, -0.1) is 0 Å². The van der Waals surface area contributed by atoms with Gasteiger partial charge in [0.15, 0.2) is 0 Å². The lowest BCUT2D eigenvalue weighted by Gasteiger charge is -2.41. The number of carboxylic acids is 1. The summed E-state index contributed by atoms with van der Waals surface area (Å²) in [5.41, 5.74) is -0.601. The molecule has 5 heteroatoms. The van der Waals surface area contributed by atoms with Crippen LogP contribution in [0.5, 0.6) is 0 Å². The average molecular weight is 270 g/mol. The number of carboxylic acid groups (broad SMARTS) is 1. The minimum absolute atomic E-state index is 0.523. The van der Waals surface area contributed by atoms with Gasteiger partial charge in [-0.1, -0.05) is 0 Å². The van der Waals surface area contributed by atoms with Crippen LogP contribution in [0.4, 0.5) is 0 Å². The van der Waals surface area contributed by atoms with Crippen molar-refractivity contribution in [1.82, 2.24) is 9.80 Å². The molecule has 0 aliphatic carbocycles. The molecule has 5 nitrogen and oxygen atoms in total. The van der Waals surface area contributed by atoms with Gasteiger partial charge in [0.25, 0.3) is 0 Å². The molecule has 0 spiro atoms. The molecule has 19 heavy (non-hydrogen) atoms. The Bertz CT molecular complexity index is 308. The zero-order chi connectivity index (χ0) is 13.9. The molecule has 0 atom stereocenters. The Morgan fingerprint density at radius 1 is 1.37 bits per heavy atom. The Morgan fingerprint density at radius 2 is 1.95 bits per heavy atom. The molecule has 0 aromatic rings. The molecular weight excluding hydrogens is 244 g/mol.